The van der Waals surface area contributed by atoms with E-state index < -0.39 is 0 Å². The molecule has 13 rings (SSSR count). The Morgan fingerprint density at radius 3 is 1.58 bits per heavy atom. The van der Waals surface area contributed by atoms with E-state index in [-0.39, 0.29) is 0 Å². The molecule has 298 valence electrons. The Morgan fingerprint density at radius 1 is 0.281 bits per heavy atom. The molecule has 2 heteroatoms. The number of hydrogen-bond acceptors (Lipinski definition) is 1. The summed E-state index contributed by atoms with van der Waals surface area (Å²) in [7, 11) is 0. The van der Waals surface area contributed by atoms with Gasteiger partial charge in [0.25, 0.3) is 0 Å². The lowest BCUT2D eigenvalue weighted by atomic mass is 9.93. The Labute approximate surface area is 371 Å². The van der Waals surface area contributed by atoms with Crippen molar-refractivity contribution in [3.63, 3.8) is 0 Å². The molecule has 0 spiro atoms. The summed E-state index contributed by atoms with van der Waals surface area (Å²) in [6, 6.07) is 89.0. The lowest BCUT2D eigenvalue weighted by molar-refractivity contribution is 1.20. The molecule has 0 radical (unpaired) electrons. The number of benzene rings is 12. The number of para-hydroxylation sites is 2. The van der Waals surface area contributed by atoms with Crippen LogP contribution in [0.1, 0.15) is 0 Å². The molecule has 0 atom stereocenters. The Hall–Kier alpha value is -8.46. The van der Waals surface area contributed by atoms with E-state index in [9.17, 15) is 0 Å². The maximum Gasteiger partial charge on any atom is 0.0547 e. The highest BCUT2D eigenvalue weighted by molar-refractivity contribution is 6.26. The van der Waals surface area contributed by atoms with Crippen molar-refractivity contribution in [1.82, 2.24) is 4.57 Å². The van der Waals surface area contributed by atoms with Crippen LogP contribution < -0.4 is 4.90 Å². The van der Waals surface area contributed by atoms with Gasteiger partial charge in [-0.1, -0.05) is 194 Å². The molecule has 1 aromatic heterocycles. The van der Waals surface area contributed by atoms with E-state index in [1.54, 1.807) is 0 Å². The fourth-order valence-corrected chi connectivity index (χ4v) is 10.5. The van der Waals surface area contributed by atoms with Gasteiger partial charge in [-0.2, -0.15) is 0 Å². The molecule has 1 heterocycles. The molecular weight excluding hydrogens is 773 g/mol. The zero-order chi connectivity index (χ0) is 42.1. The zero-order valence-corrected chi connectivity index (χ0v) is 35.0. The molecule has 0 saturated carbocycles. The van der Waals surface area contributed by atoms with Crippen molar-refractivity contribution in [2.75, 3.05) is 4.90 Å². The van der Waals surface area contributed by atoms with Gasteiger partial charge in [0, 0.05) is 33.1 Å². The number of fused-ring (bicyclic) bond motifs is 12. The van der Waals surface area contributed by atoms with Crippen LogP contribution in [-0.4, -0.2) is 4.57 Å². The van der Waals surface area contributed by atoms with Crippen LogP contribution >= 0.6 is 0 Å². The maximum atomic E-state index is 2.46. The van der Waals surface area contributed by atoms with Crippen molar-refractivity contribution >= 4 is 92.7 Å². The summed E-state index contributed by atoms with van der Waals surface area (Å²) in [5, 5.41) is 15.1. The van der Waals surface area contributed by atoms with Gasteiger partial charge in [-0.15, -0.1) is 0 Å². The fraction of sp³-hybridized carbons (Fsp3) is 0. The van der Waals surface area contributed by atoms with Gasteiger partial charge in [0.2, 0.25) is 0 Å². The molecule has 0 aliphatic heterocycles. The van der Waals surface area contributed by atoms with Crippen LogP contribution in [0.15, 0.2) is 243 Å². The summed E-state index contributed by atoms with van der Waals surface area (Å²) >= 11 is 0. The molecule has 0 saturated heterocycles. The van der Waals surface area contributed by atoms with E-state index in [4.69, 9.17) is 0 Å². The van der Waals surface area contributed by atoms with Crippen molar-refractivity contribution in [3.05, 3.63) is 243 Å². The van der Waals surface area contributed by atoms with E-state index in [2.05, 4.69) is 252 Å². The lowest BCUT2D eigenvalue weighted by Crippen LogP contribution is -2.11. The SMILES string of the molecule is c1ccc(-c2ccccc2N(c2ccc(-c3ccc(-n4c5ccccc5c5c6ccccc6ccc54)c4ccccc34)cc2)c2ccc3c4ccccc4c4ccccc4c3c2)cc1. The first kappa shape index (κ1) is 36.2. The van der Waals surface area contributed by atoms with Gasteiger partial charge in [-0.25, -0.2) is 0 Å². The molecule has 2 nitrogen and oxygen atoms in total. The lowest BCUT2D eigenvalue weighted by Gasteiger charge is -2.28. The number of anilines is 3. The Kier molecular flexibility index (Phi) is 8.25. The predicted octanol–water partition coefficient (Wildman–Crippen LogP) is 17.4. The monoisotopic (exact) mass is 812 g/mol. The first-order valence-electron chi connectivity index (χ1n) is 22.1. The normalized spacial score (nSPS) is 11.8. The topological polar surface area (TPSA) is 8.17 Å². The second kappa shape index (κ2) is 14.6. The highest BCUT2D eigenvalue weighted by Crippen LogP contribution is 2.45. The number of hydrogen-bond donors (Lipinski definition) is 0. The van der Waals surface area contributed by atoms with Gasteiger partial charge in [0.1, 0.15) is 0 Å². The third-order valence-corrected chi connectivity index (χ3v) is 13.4. The molecule has 0 amide bonds. The zero-order valence-electron chi connectivity index (χ0n) is 35.0. The summed E-state index contributed by atoms with van der Waals surface area (Å²) in [5.41, 5.74) is 11.7. The molecule has 0 aliphatic rings. The van der Waals surface area contributed by atoms with E-state index >= 15 is 0 Å². The predicted molar refractivity (Wildman–Crippen MR) is 274 cm³/mol. The molecule has 0 bridgehead atoms. The number of rotatable bonds is 6. The molecule has 0 fully saturated rings. The Morgan fingerprint density at radius 2 is 0.828 bits per heavy atom. The summed E-state index contributed by atoms with van der Waals surface area (Å²) in [4.78, 5) is 2.43. The third-order valence-electron chi connectivity index (χ3n) is 13.4. The van der Waals surface area contributed by atoms with Gasteiger partial charge in [0.15, 0.2) is 0 Å². The first-order chi connectivity index (χ1) is 31.8. The highest BCUT2D eigenvalue weighted by atomic mass is 15.1. The quantitative estimate of drug-likeness (QED) is 0.152. The van der Waals surface area contributed by atoms with Crippen LogP contribution in [0.5, 0.6) is 0 Å². The minimum Gasteiger partial charge on any atom is -0.310 e. The summed E-state index contributed by atoms with van der Waals surface area (Å²) in [6.45, 7) is 0. The fourth-order valence-electron chi connectivity index (χ4n) is 10.5. The standard InChI is InChI=1S/C62H40N2/c1-2-16-41(17-3-1)47-19-12-14-28-58(47)63(45-35-36-54-52-24-7-6-22-50(52)51-23-8-9-25-53(51)57(54)40-45)44-33-30-43(31-34-44)46-37-39-60(55-26-11-10-21-49(46)55)64-59-29-15-13-27-56(59)62-48-20-5-4-18-42(48)32-38-61(62)64/h1-40H. The van der Waals surface area contributed by atoms with Crippen LogP contribution in [0.4, 0.5) is 17.1 Å². The van der Waals surface area contributed by atoms with E-state index in [0.717, 1.165) is 17.1 Å². The molecule has 0 unspecified atom stereocenters. The average Bonchev–Trinajstić information content (AvgIpc) is 3.71. The van der Waals surface area contributed by atoms with Crippen LogP contribution in [-0.2, 0) is 0 Å². The first-order valence-corrected chi connectivity index (χ1v) is 22.1. The Bertz CT molecular complexity index is 3920. The van der Waals surface area contributed by atoms with Gasteiger partial charge < -0.3 is 9.47 Å². The molecule has 0 N–H and O–H groups in total. The molecule has 0 aliphatic carbocycles. The number of aromatic nitrogens is 1. The van der Waals surface area contributed by atoms with Crippen LogP contribution in [0.25, 0.3) is 104 Å². The maximum absolute atomic E-state index is 2.46. The highest BCUT2D eigenvalue weighted by Gasteiger charge is 2.21. The molecular formula is C62H40N2. The van der Waals surface area contributed by atoms with Gasteiger partial charge in [0.05, 0.1) is 22.4 Å². The Balaban J connectivity index is 0.983. The molecule has 12 aromatic carbocycles. The average molecular weight is 813 g/mol. The second-order valence-electron chi connectivity index (χ2n) is 16.8. The van der Waals surface area contributed by atoms with Gasteiger partial charge >= 0.3 is 0 Å². The van der Waals surface area contributed by atoms with Crippen molar-refractivity contribution in [3.8, 4) is 27.9 Å². The number of nitrogens with zero attached hydrogens (tertiary/aromatic N) is 2. The second-order valence-corrected chi connectivity index (χ2v) is 16.8. The van der Waals surface area contributed by atoms with E-state index in [1.165, 1.54) is 104 Å². The van der Waals surface area contributed by atoms with Crippen molar-refractivity contribution in [2.45, 2.75) is 0 Å². The largest absolute Gasteiger partial charge is 0.310 e. The summed E-state index contributed by atoms with van der Waals surface area (Å²) in [5.74, 6) is 0. The van der Waals surface area contributed by atoms with Crippen molar-refractivity contribution < 1.29 is 0 Å². The minimum atomic E-state index is 1.09. The van der Waals surface area contributed by atoms with Crippen LogP contribution in [0.2, 0.25) is 0 Å². The minimum absolute atomic E-state index is 1.09. The summed E-state index contributed by atoms with van der Waals surface area (Å²) in [6.07, 6.45) is 0. The third kappa shape index (κ3) is 5.59. The molecule has 13 aromatic rings. The van der Waals surface area contributed by atoms with Crippen LogP contribution in [0, 0.1) is 0 Å². The molecule has 64 heavy (non-hydrogen) atoms. The van der Waals surface area contributed by atoms with Gasteiger partial charge in [-0.05, 0) is 114 Å². The van der Waals surface area contributed by atoms with Crippen molar-refractivity contribution in [2.24, 2.45) is 0 Å². The van der Waals surface area contributed by atoms with Crippen molar-refractivity contribution in [1.29, 1.82) is 0 Å². The van der Waals surface area contributed by atoms with E-state index in [1.807, 2.05) is 0 Å². The summed E-state index contributed by atoms with van der Waals surface area (Å²) < 4.78 is 2.46. The van der Waals surface area contributed by atoms with Crippen LogP contribution in [0.3, 0.4) is 0 Å². The van der Waals surface area contributed by atoms with Gasteiger partial charge in [-0.3, -0.25) is 0 Å². The smallest absolute Gasteiger partial charge is 0.0547 e. The van der Waals surface area contributed by atoms with E-state index in [0.29, 0.717) is 0 Å².